The van der Waals surface area contributed by atoms with Crippen molar-refractivity contribution in [3.05, 3.63) is 47.8 Å². The lowest BCUT2D eigenvalue weighted by Gasteiger charge is -2.39. The van der Waals surface area contributed by atoms with Crippen LogP contribution in [0.15, 0.2) is 36.4 Å². The van der Waals surface area contributed by atoms with Crippen molar-refractivity contribution >= 4 is 22.6 Å². The highest BCUT2D eigenvalue weighted by Gasteiger charge is 2.45. The molecule has 5 rings (SSSR count). The van der Waals surface area contributed by atoms with E-state index in [9.17, 15) is 25.2 Å². The van der Waals surface area contributed by atoms with E-state index in [4.69, 9.17) is 14.2 Å². The minimum atomic E-state index is -1.51. The molecule has 11 heteroatoms. The van der Waals surface area contributed by atoms with Gasteiger partial charge in [0.15, 0.2) is 11.5 Å². The molecule has 3 heterocycles. The predicted octanol–water partition coefficient (Wildman–Crippen LogP) is 0.0588. The minimum Gasteiger partial charge on any atom is -0.454 e. The van der Waals surface area contributed by atoms with Crippen molar-refractivity contribution in [2.45, 2.75) is 30.5 Å². The Bertz CT molecular complexity index is 1160. The molecule has 0 spiro atoms. The summed E-state index contributed by atoms with van der Waals surface area (Å²) in [6.07, 6.45) is -6.56. The lowest BCUT2D eigenvalue weighted by molar-refractivity contribution is -0.233. The number of nitrogens with zero attached hydrogens (tertiary/aromatic N) is 1. The van der Waals surface area contributed by atoms with Crippen LogP contribution in [0.1, 0.15) is 22.3 Å². The van der Waals surface area contributed by atoms with Gasteiger partial charge in [-0.15, -0.1) is 0 Å². The van der Waals surface area contributed by atoms with Crippen LogP contribution in [0.5, 0.6) is 11.5 Å². The van der Waals surface area contributed by atoms with E-state index in [-0.39, 0.29) is 18.5 Å². The van der Waals surface area contributed by atoms with Gasteiger partial charge < -0.3 is 44.9 Å². The number of hydrogen-bond donors (Lipinski definition) is 6. The molecule has 1 fully saturated rings. The van der Waals surface area contributed by atoms with E-state index in [2.05, 4.69) is 15.3 Å². The molecule has 32 heavy (non-hydrogen) atoms. The van der Waals surface area contributed by atoms with E-state index < -0.39 is 37.1 Å². The second kappa shape index (κ2) is 8.04. The lowest BCUT2D eigenvalue weighted by Crippen LogP contribution is -2.55. The highest BCUT2D eigenvalue weighted by Crippen LogP contribution is 2.35. The summed E-state index contributed by atoms with van der Waals surface area (Å²) in [5.74, 6) is 1.01. The fourth-order valence-corrected chi connectivity index (χ4v) is 3.81. The van der Waals surface area contributed by atoms with Crippen LogP contribution in [0.4, 0.5) is 5.69 Å². The van der Waals surface area contributed by atoms with E-state index in [1.807, 2.05) is 0 Å². The van der Waals surface area contributed by atoms with Gasteiger partial charge in [-0.25, -0.2) is 4.98 Å². The lowest BCUT2D eigenvalue weighted by atomic mass is 9.95. The van der Waals surface area contributed by atoms with E-state index in [0.29, 0.717) is 33.8 Å². The molecule has 11 nitrogen and oxygen atoms in total. The minimum absolute atomic E-state index is 0.139. The first-order valence-corrected chi connectivity index (χ1v) is 9.96. The van der Waals surface area contributed by atoms with Crippen LogP contribution in [0.25, 0.3) is 11.0 Å². The van der Waals surface area contributed by atoms with E-state index in [1.54, 1.807) is 36.4 Å². The van der Waals surface area contributed by atoms with Crippen molar-refractivity contribution in [1.82, 2.24) is 9.97 Å². The number of aliphatic hydroxyl groups is 4. The van der Waals surface area contributed by atoms with Gasteiger partial charge >= 0.3 is 0 Å². The fraction of sp³-hybridized carbons (Fsp3) is 0.333. The van der Waals surface area contributed by atoms with Crippen LogP contribution >= 0.6 is 0 Å². The summed E-state index contributed by atoms with van der Waals surface area (Å²) in [7, 11) is 0. The number of carbonyl (C=O) groups excluding carboxylic acids is 1. The molecule has 168 valence electrons. The van der Waals surface area contributed by atoms with Crippen molar-refractivity contribution in [2.24, 2.45) is 0 Å². The molecule has 3 aromatic rings. The number of amides is 1. The first kappa shape index (κ1) is 20.7. The summed E-state index contributed by atoms with van der Waals surface area (Å²) in [6, 6.07) is 9.92. The van der Waals surface area contributed by atoms with Gasteiger partial charge in [0.25, 0.3) is 5.91 Å². The molecule has 2 aromatic carbocycles. The fourth-order valence-electron chi connectivity index (χ4n) is 3.81. The van der Waals surface area contributed by atoms with Crippen molar-refractivity contribution in [3.63, 3.8) is 0 Å². The zero-order chi connectivity index (χ0) is 22.4. The molecule has 1 amide bonds. The maximum Gasteiger partial charge on any atom is 0.255 e. The third-order valence-corrected chi connectivity index (χ3v) is 5.55. The number of H-pyrrole nitrogens is 1. The largest absolute Gasteiger partial charge is 0.454 e. The molecule has 6 N–H and O–H groups in total. The van der Waals surface area contributed by atoms with Crippen molar-refractivity contribution in [2.75, 3.05) is 18.7 Å². The Morgan fingerprint density at radius 1 is 1.06 bits per heavy atom. The Morgan fingerprint density at radius 2 is 1.88 bits per heavy atom. The van der Waals surface area contributed by atoms with Crippen LogP contribution in [-0.4, -0.2) is 74.1 Å². The number of aromatic amines is 1. The Balaban J connectivity index is 1.37. The number of carbonyl (C=O) groups is 1. The van der Waals surface area contributed by atoms with Gasteiger partial charge in [0.1, 0.15) is 36.3 Å². The van der Waals surface area contributed by atoms with Gasteiger partial charge in [-0.1, -0.05) is 0 Å². The maximum atomic E-state index is 12.7. The zero-order valence-corrected chi connectivity index (χ0v) is 16.6. The summed E-state index contributed by atoms with van der Waals surface area (Å²) in [6.45, 7) is -0.397. The number of hydrogen-bond acceptors (Lipinski definition) is 9. The molecule has 0 bridgehead atoms. The smallest absolute Gasteiger partial charge is 0.255 e. The van der Waals surface area contributed by atoms with Crippen LogP contribution in [0.2, 0.25) is 0 Å². The average molecular weight is 443 g/mol. The normalized spacial score (nSPS) is 26.9. The molecule has 2 aliphatic heterocycles. The topological polar surface area (TPSA) is 166 Å². The second-order valence-electron chi connectivity index (χ2n) is 7.63. The van der Waals surface area contributed by atoms with Crippen LogP contribution in [-0.2, 0) is 4.74 Å². The van der Waals surface area contributed by atoms with E-state index in [1.165, 1.54) is 0 Å². The SMILES string of the molecule is O=C(Nc1ccc2c(c1)OCO2)c1ccc2nc([C@@H]3O[C@H](CO)[C@H](O)[C@H](O)[C@H]3O)[nH]c2c1. The molecule has 0 radical (unpaired) electrons. The first-order valence-electron chi connectivity index (χ1n) is 9.96. The van der Waals surface area contributed by atoms with Crippen molar-refractivity contribution < 1.29 is 39.4 Å². The Hall–Kier alpha value is -3.22. The molecule has 0 unspecified atom stereocenters. The van der Waals surface area contributed by atoms with E-state index in [0.717, 1.165) is 0 Å². The summed E-state index contributed by atoms with van der Waals surface area (Å²) in [4.78, 5) is 20.1. The molecular weight excluding hydrogens is 422 g/mol. The van der Waals surface area contributed by atoms with Crippen LogP contribution in [0, 0.1) is 0 Å². The van der Waals surface area contributed by atoms with Crippen LogP contribution in [0.3, 0.4) is 0 Å². The molecule has 2 aliphatic rings. The molecular formula is C21H21N3O8. The number of anilines is 1. The van der Waals surface area contributed by atoms with Gasteiger partial charge in [-0.05, 0) is 30.3 Å². The van der Waals surface area contributed by atoms with E-state index >= 15 is 0 Å². The third-order valence-electron chi connectivity index (χ3n) is 5.55. The van der Waals surface area contributed by atoms with Crippen LogP contribution < -0.4 is 14.8 Å². The quantitative estimate of drug-likeness (QED) is 0.327. The standard InChI is InChI=1S/C21H21N3O8/c25-7-15-16(26)17(27)18(28)19(32-15)20-23-11-3-1-9(5-12(11)24-20)21(29)22-10-2-4-13-14(6-10)31-8-30-13/h1-6,15-19,25-28H,7-8H2,(H,22,29)(H,23,24)/t15-,16+,17+,18-,19-/m1/s1. The Labute approximate surface area is 181 Å². The number of benzene rings is 2. The second-order valence-corrected chi connectivity index (χ2v) is 7.63. The maximum absolute atomic E-state index is 12.7. The number of fused-ring (bicyclic) bond motifs is 2. The number of nitrogens with one attached hydrogen (secondary N) is 2. The molecule has 0 aliphatic carbocycles. The predicted molar refractivity (Wildman–Crippen MR) is 109 cm³/mol. The number of aromatic nitrogens is 2. The molecule has 1 saturated heterocycles. The number of rotatable bonds is 4. The molecule has 1 aromatic heterocycles. The third kappa shape index (κ3) is 3.55. The van der Waals surface area contributed by atoms with Gasteiger partial charge in [0.2, 0.25) is 6.79 Å². The number of ether oxygens (including phenoxy) is 3. The first-order chi connectivity index (χ1) is 15.4. The average Bonchev–Trinajstić information content (AvgIpc) is 3.43. The monoisotopic (exact) mass is 443 g/mol. The highest BCUT2D eigenvalue weighted by molar-refractivity contribution is 6.06. The zero-order valence-electron chi connectivity index (χ0n) is 16.6. The Kier molecular flexibility index (Phi) is 5.19. The van der Waals surface area contributed by atoms with Crippen molar-refractivity contribution in [3.8, 4) is 11.5 Å². The Morgan fingerprint density at radius 3 is 2.69 bits per heavy atom. The van der Waals surface area contributed by atoms with Gasteiger partial charge in [-0.3, -0.25) is 4.79 Å². The van der Waals surface area contributed by atoms with Gasteiger partial charge in [0, 0.05) is 17.3 Å². The molecule has 0 saturated carbocycles. The van der Waals surface area contributed by atoms with Gasteiger partial charge in [-0.2, -0.15) is 0 Å². The number of aliphatic hydroxyl groups excluding tert-OH is 4. The van der Waals surface area contributed by atoms with Crippen molar-refractivity contribution in [1.29, 1.82) is 0 Å². The molecule has 5 atom stereocenters. The summed E-state index contributed by atoms with van der Waals surface area (Å²) in [5.41, 5.74) is 1.93. The summed E-state index contributed by atoms with van der Waals surface area (Å²) >= 11 is 0. The number of imidazole rings is 1. The van der Waals surface area contributed by atoms with Gasteiger partial charge in [0.05, 0.1) is 17.6 Å². The summed E-state index contributed by atoms with van der Waals surface area (Å²) in [5, 5.41) is 42.4. The summed E-state index contributed by atoms with van der Waals surface area (Å²) < 4.78 is 16.1. The highest BCUT2D eigenvalue weighted by atomic mass is 16.7.